The summed E-state index contributed by atoms with van der Waals surface area (Å²) < 4.78 is 19.6. The van der Waals surface area contributed by atoms with Crippen molar-refractivity contribution in [3.63, 3.8) is 0 Å². The molecule has 6 rings (SSSR count). The molecule has 2 fully saturated rings. The van der Waals surface area contributed by atoms with Crippen molar-refractivity contribution in [1.82, 2.24) is 19.7 Å². The van der Waals surface area contributed by atoms with Crippen molar-refractivity contribution in [2.24, 2.45) is 0 Å². The highest BCUT2D eigenvalue weighted by Crippen LogP contribution is 2.36. The molecule has 0 unspecified atom stereocenters. The van der Waals surface area contributed by atoms with E-state index in [9.17, 15) is 0 Å². The second-order valence-corrected chi connectivity index (χ2v) is 10.3. The Balaban J connectivity index is 1.35. The topological polar surface area (TPSA) is 64.9 Å². The number of anilines is 1. The molecule has 0 spiro atoms. The van der Waals surface area contributed by atoms with E-state index in [2.05, 4.69) is 40.1 Å². The number of fused-ring (bicyclic) bond motifs is 1. The van der Waals surface area contributed by atoms with Crippen LogP contribution in [-0.2, 0) is 27.4 Å². The maximum Gasteiger partial charge on any atom is 0.156 e. The van der Waals surface area contributed by atoms with Gasteiger partial charge in [-0.05, 0) is 23.8 Å². The van der Waals surface area contributed by atoms with Gasteiger partial charge < -0.3 is 19.1 Å². The minimum atomic E-state index is 0.584. The molecule has 36 heavy (non-hydrogen) atoms. The standard InChI is InChI=1S/C27H31N5O3S/c1-33-19-20-3-2-4-21(15-20)23-5-6-32(29-23)26-17-25(31-9-13-35-14-10-31)27-24(28-26)16-22(36-27)18-30-7-11-34-12-8-30/h2-6,15-17H,7-14,18-19H2,1H3. The fourth-order valence-corrected chi connectivity index (χ4v) is 6.03. The van der Waals surface area contributed by atoms with Crippen molar-refractivity contribution in [2.45, 2.75) is 13.2 Å². The van der Waals surface area contributed by atoms with E-state index in [0.29, 0.717) is 6.61 Å². The van der Waals surface area contributed by atoms with E-state index in [4.69, 9.17) is 24.3 Å². The lowest BCUT2D eigenvalue weighted by molar-refractivity contribution is 0.0346. The molecule has 5 heterocycles. The molecule has 2 saturated heterocycles. The molecule has 4 aromatic rings. The van der Waals surface area contributed by atoms with Crippen molar-refractivity contribution in [3.8, 4) is 17.1 Å². The molecular weight excluding hydrogens is 474 g/mol. The van der Waals surface area contributed by atoms with Gasteiger partial charge in [0.25, 0.3) is 0 Å². The van der Waals surface area contributed by atoms with Crippen molar-refractivity contribution in [1.29, 1.82) is 0 Å². The summed E-state index contributed by atoms with van der Waals surface area (Å²) in [6.45, 7) is 8.34. The number of rotatable bonds is 7. The maximum absolute atomic E-state index is 5.63. The van der Waals surface area contributed by atoms with Crippen LogP contribution in [-0.4, -0.2) is 79.4 Å². The lowest BCUT2D eigenvalue weighted by Crippen LogP contribution is -2.36. The number of thiophene rings is 1. The number of hydrogen-bond acceptors (Lipinski definition) is 8. The Morgan fingerprint density at radius 1 is 0.972 bits per heavy atom. The minimum absolute atomic E-state index is 0.584. The zero-order valence-corrected chi connectivity index (χ0v) is 21.4. The zero-order chi connectivity index (χ0) is 24.3. The predicted octanol–water partition coefficient (Wildman–Crippen LogP) is 3.96. The van der Waals surface area contributed by atoms with Gasteiger partial charge in [0.1, 0.15) is 0 Å². The number of benzene rings is 1. The van der Waals surface area contributed by atoms with E-state index in [1.165, 1.54) is 15.3 Å². The monoisotopic (exact) mass is 505 g/mol. The summed E-state index contributed by atoms with van der Waals surface area (Å²) >= 11 is 1.85. The number of hydrogen-bond donors (Lipinski definition) is 0. The molecule has 0 atom stereocenters. The van der Waals surface area contributed by atoms with Crippen LogP contribution >= 0.6 is 11.3 Å². The number of aromatic nitrogens is 3. The summed E-state index contributed by atoms with van der Waals surface area (Å²) in [5, 5.41) is 4.90. The average Bonchev–Trinajstić information content (AvgIpc) is 3.57. The van der Waals surface area contributed by atoms with Crippen molar-refractivity contribution in [2.75, 3.05) is 64.6 Å². The van der Waals surface area contributed by atoms with Gasteiger partial charge in [0, 0.05) is 62.5 Å². The van der Waals surface area contributed by atoms with Crippen LogP contribution in [0.1, 0.15) is 10.4 Å². The highest BCUT2D eigenvalue weighted by Gasteiger charge is 2.20. The molecule has 3 aromatic heterocycles. The molecule has 188 valence electrons. The fourth-order valence-electron chi connectivity index (χ4n) is 4.85. The molecule has 2 aliphatic heterocycles. The molecule has 0 aliphatic carbocycles. The summed E-state index contributed by atoms with van der Waals surface area (Å²) in [6.07, 6.45) is 2.00. The van der Waals surface area contributed by atoms with Crippen molar-refractivity contribution in [3.05, 3.63) is 59.1 Å². The molecule has 0 radical (unpaired) electrons. The lowest BCUT2D eigenvalue weighted by atomic mass is 10.1. The largest absolute Gasteiger partial charge is 0.380 e. The third kappa shape index (κ3) is 5.02. The third-order valence-corrected chi connectivity index (χ3v) is 7.82. The highest BCUT2D eigenvalue weighted by molar-refractivity contribution is 7.19. The Kier molecular flexibility index (Phi) is 6.98. The van der Waals surface area contributed by atoms with Gasteiger partial charge in [0.2, 0.25) is 0 Å². The second kappa shape index (κ2) is 10.7. The molecular formula is C27H31N5O3S. The van der Waals surface area contributed by atoms with Crippen LogP contribution in [0.3, 0.4) is 0 Å². The summed E-state index contributed by atoms with van der Waals surface area (Å²) in [7, 11) is 1.71. The van der Waals surface area contributed by atoms with Gasteiger partial charge in [0.05, 0.1) is 54.6 Å². The van der Waals surface area contributed by atoms with E-state index in [1.54, 1.807) is 7.11 Å². The van der Waals surface area contributed by atoms with E-state index in [0.717, 1.165) is 87.3 Å². The van der Waals surface area contributed by atoms with Gasteiger partial charge in [-0.25, -0.2) is 9.67 Å². The second-order valence-electron chi connectivity index (χ2n) is 9.19. The summed E-state index contributed by atoms with van der Waals surface area (Å²) in [6, 6.07) is 14.8. The first kappa shape index (κ1) is 23.6. The first-order valence-electron chi connectivity index (χ1n) is 12.5. The smallest absolute Gasteiger partial charge is 0.156 e. The lowest BCUT2D eigenvalue weighted by Gasteiger charge is -2.29. The SMILES string of the molecule is COCc1cccc(-c2ccn(-c3cc(N4CCOCC4)c4sc(CN5CCOCC5)cc4n3)n2)c1. The minimum Gasteiger partial charge on any atom is -0.380 e. The van der Waals surface area contributed by atoms with Crippen LogP contribution in [0.5, 0.6) is 0 Å². The first-order chi connectivity index (χ1) is 17.8. The molecule has 0 amide bonds. The van der Waals surface area contributed by atoms with Crippen LogP contribution < -0.4 is 4.90 Å². The van der Waals surface area contributed by atoms with Gasteiger partial charge in [-0.3, -0.25) is 4.90 Å². The molecule has 0 saturated carbocycles. The summed E-state index contributed by atoms with van der Waals surface area (Å²) in [5.74, 6) is 0.832. The van der Waals surface area contributed by atoms with E-state index in [-0.39, 0.29) is 0 Å². The number of morpholine rings is 2. The normalized spacial score (nSPS) is 17.2. The van der Waals surface area contributed by atoms with Gasteiger partial charge in [-0.1, -0.05) is 18.2 Å². The number of ether oxygens (including phenoxy) is 3. The maximum atomic E-state index is 5.63. The fraction of sp³-hybridized carbons (Fsp3) is 0.407. The van der Waals surface area contributed by atoms with Crippen LogP contribution in [0.25, 0.3) is 27.3 Å². The van der Waals surface area contributed by atoms with Crippen molar-refractivity contribution >= 4 is 27.2 Å². The van der Waals surface area contributed by atoms with Gasteiger partial charge in [-0.2, -0.15) is 5.10 Å². The number of nitrogens with zero attached hydrogens (tertiary/aromatic N) is 5. The molecule has 2 aliphatic rings. The Hall–Kier alpha value is -2.82. The Morgan fingerprint density at radius 3 is 2.58 bits per heavy atom. The summed E-state index contributed by atoms with van der Waals surface area (Å²) in [5.41, 5.74) is 5.36. The molecule has 0 N–H and O–H groups in total. The van der Waals surface area contributed by atoms with E-state index < -0.39 is 0 Å². The first-order valence-corrected chi connectivity index (χ1v) is 13.3. The predicted molar refractivity (Wildman–Crippen MR) is 142 cm³/mol. The third-order valence-electron chi connectivity index (χ3n) is 6.69. The number of methoxy groups -OCH3 is 1. The van der Waals surface area contributed by atoms with Crippen LogP contribution in [0.15, 0.2) is 48.7 Å². The van der Waals surface area contributed by atoms with Gasteiger partial charge in [-0.15, -0.1) is 11.3 Å². The van der Waals surface area contributed by atoms with Gasteiger partial charge in [0.15, 0.2) is 5.82 Å². The Labute approximate surface area is 215 Å². The van der Waals surface area contributed by atoms with Crippen LogP contribution in [0.4, 0.5) is 5.69 Å². The Bertz CT molecular complexity index is 1320. The summed E-state index contributed by atoms with van der Waals surface area (Å²) in [4.78, 5) is 11.3. The van der Waals surface area contributed by atoms with Crippen LogP contribution in [0, 0.1) is 0 Å². The number of pyridine rings is 1. The Morgan fingerprint density at radius 2 is 1.78 bits per heavy atom. The molecule has 0 bridgehead atoms. The molecule has 1 aromatic carbocycles. The van der Waals surface area contributed by atoms with Crippen LogP contribution in [0.2, 0.25) is 0 Å². The van der Waals surface area contributed by atoms with E-state index >= 15 is 0 Å². The zero-order valence-electron chi connectivity index (χ0n) is 20.6. The highest BCUT2D eigenvalue weighted by atomic mass is 32.1. The van der Waals surface area contributed by atoms with Gasteiger partial charge >= 0.3 is 0 Å². The molecule has 9 heteroatoms. The average molecular weight is 506 g/mol. The molecule has 8 nitrogen and oxygen atoms in total. The van der Waals surface area contributed by atoms with Crippen molar-refractivity contribution < 1.29 is 14.2 Å². The van der Waals surface area contributed by atoms with E-state index in [1.807, 2.05) is 34.3 Å². The quantitative estimate of drug-likeness (QED) is 0.377.